The predicted molar refractivity (Wildman–Crippen MR) is 121 cm³/mol. The number of carbonyl (C=O) groups excluding carboxylic acids is 2. The number of thiazole rings is 1. The molecule has 0 radical (unpaired) electrons. The van der Waals surface area contributed by atoms with E-state index in [2.05, 4.69) is 0 Å². The van der Waals surface area contributed by atoms with Gasteiger partial charge in [0.25, 0.3) is 5.56 Å². The smallest absolute Gasteiger partial charge is 0.333 e. The number of ether oxygens (including phenoxy) is 4. The molecule has 1 aromatic heterocycles. The van der Waals surface area contributed by atoms with Gasteiger partial charge in [0.15, 0.2) is 11.5 Å². The van der Waals surface area contributed by atoms with Crippen LogP contribution in [0.25, 0.3) is 12.2 Å². The van der Waals surface area contributed by atoms with Gasteiger partial charge in [-0.3, -0.25) is 14.2 Å². The SMILES string of the molecule is CCOC(=O)/C=c1\s/c(=C/c2cc(OC)c(O)c(OC)c2)c(=O)n1CC(=O)N1CCOCC1. The number of benzene rings is 1. The number of aromatic nitrogens is 1. The van der Waals surface area contributed by atoms with E-state index >= 15 is 0 Å². The number of phenolic OH excluding ortho intramolecular Hbond substituents is 1. The fourth-order valence-corrected chi connectivity index (χ4v) is 4.30. The van der Waals surface area contributed by atoms with Crippen LogP contribution in [0.5, 0.6) is 17.2 Å². The van der Waals surface area contributed by atoms with Crippen LogP contribution in [0.3, 0.4) is 0 Å². The largest absolute Gasteiger partial charge is 0.502 e. The second-order valence-electron chi connectivity index (χ2n) is 7.00. The number of aromatic hydroxyl groups is 1. The summed E-state index contributed by atoms with van der Waals surface area (Å²) in [7, 11) is 2.81. The third-order valence-electron chi connectivity index (χ3n) is 4.92. The molecule has 2 heterocycles. The molecule has 33 heavy (non-hydrogen) atoms. The predicted octanol–water partition coefficient (Wildman–Crippen LogP) is -0.336. The van der Waals surface area contributed by atoms with Crippen LogP contribution in [-0.2, 0) is 25.6 Å². The maximum Gasteiger partial charge on any atom is 0.333 e. The number of amides is 1. The molecule has 3 rings (SSSR count). The topological polar surface area (TPSA) is 117 Å². The Kier molecular flexibility index (Phi) is 8.12. The van der Waals surface area contributed by atoms with E-state index in [0.29, 0.717) is 36.5 Å². The molecule has 0 unspecified atom stereocenters. The van der Waals surface area contributed by atoms with Crippen LogP contribution in [0.2, 0.25) is 0 Å². The van der Waals surface area contributed by atoms with Gasteiger partial charge in [0, 0.05) is 13.1 Å². The van der Waals surface area contributed by atoms with Crippen LogP contribution >= 0.6 is 11.3 Å². The van der Waals surface area contributed by atoms with Crippen LogP contribution in [0.4, 0.5) is 0 Å². The van der Waals surface area contributed by atoms with Gasteiger partial charge in [0.1, 0.15) is 11.2 Å². The van der Waals surface area contributed by atoms with Crippen molar-refractivity contribution >= 4 is 35.4 Å². The molecule has 0 saturated carbocycles. The molecule has 178 valence electrons. The van der Waals surface area contributed by atoms with Gasteiger partial charge >= 0.3 is 5.97 Å². The number of esters is 1. The normalized spacial score (nSPS) is 14.9. The van der Waals surface area contributed by atoms with Crippen molar-refractivity contribution in [3.8, 4) is 17.2 Å². The van der Waals surface area contributed by atoms with E-state index in [9.17, 15) is 19.5 Å². The number of nitrogens with zero attached hydrogens (tertiary/aromatic N) is 2. The average molecular weight is 479 g/mol. The lowest BCUT2D eigenvalue weighted by Crippen LogP contribution is -2.45. The Bertz CT molecular complexity index is 1170. The highest BCUT2D eigenvalue weighted by molar-refractivity contribution is 7.07. The zero-order valence-corrected chi connectivity index (χ0v) is 19.5. The van der Waals surface area contributed by atoms with Crippen LogP contribution in [-0.4, -0.2) is 73.6 Å². The Morgan fingerprint density at radius 1 is 1.18 bits per heavy atom. The monoisotopic (exact) mass is 478 g/mol. The third kappa shape index (κ3) is 5.74. The number of phenols is 1. The first kappa shape index (κ1) is 24.3. The molecular weight excluding hydrogens is 452 g/mol. The van der Waals surface area contributed by atoms with Gasteiger partial charge in [0.05, 0.1) is 44.6 Å². The number of rotatable bonds is 7. The Labute approximate surface area is 193 Å². The van der Waals surface area contributed by atoms with E-state index in [1.165, 1.54) is 24.9 Å². The maximum absolute atomic E-state index is 13.2. The molecule has 1 amide bonds. The number of carbonyl (C=O) groups is 2. The number of hydrogen-bond acceptors (Lipinski definition) is 9. The first-order valence-corrected chi connectivity index (χ1v) is 11.1. The summed E-state index contributed by atoms with van der Waals surface area (Å²) in [6.07, 6.45) is 2.78. The Morgan fingerprint density at radius 3 is 2.39 bits per heavy atom. The first-order valence-electron chi connectivity index (χ1n) is 10.3. The lowest BCUT2D eigenvalue weighted by molar-refractivity contribution is -0.136. The van der Waals surface area contributed by atoms with E-state index < -0.39 is 11.5 Å². The van der Waals surface area contributed by atoms with Gasteiger partial charge in [-0.2, -0.15) is 0 Å². The van der Waals surface area contributed by atoms with Crippen molar-refractivity contribution in [2.75, 3.05) is 47.1 Å². The highest BCUT2D eigenvalue weighted by atomic mass is 32.1. The van der Waals surface area contributed by atoms with Crippen LogP contribution in [0, 0.1) is 0 Å². The van der Waals surface area contributed by atoms with Gasteiger partial charge in [-0.05, 0) is 30.7 Å². The van der Waals surface area contributed by atoms with Gasteiger partial charge < -0.3 is 29.0 Å². The zero-order valence-electron chi connectivity index (χ0n) is 18.7. The molecule has 1 N–H and O–H groups in total. The molecule has 1 aromatic carbocycles. The lowest BCUT2D eigenvalue weighted by Gasteiger charge is -2.26. The summed E-state index contributed by atoms with van der Waals surface area (Å²) < 4.78 is 22.4. The van der Waals surface area contributed by atoms with E-state index in [4.69, 9.17) is 18.9 Å². The second kappa shape index (κ2) is 11.0. The summed E-state index contributed by atoms with van der Waals surface area (Å²) in [6, 6.07) is 3.10. The van der Waals surface area contributed by atoms with Gasteiger partial charge in [-0.15, -0.1) is 11.3 Å². The van der Waals surface area contributed by atoms with E-state index in [1.807, 2.05) is 0 Å². The minimum absolute atomic E-state index is 0.159. The second-order valence-corrected chi connectivity index (χ2v) is 8.07. The fraction of sp³-hybridized carbons (Fsp3) is 0.409. The van der Waals surface area contributed by atoms with Crippen molar-refractivity contribution in [2.45, 2.75) is 13.5 Å². The molecular formula is C22H26N2O8S. The van der Waals surface area contributed by atoms with Gasteiger partial charge in [-0.25, -0.2) is 4.79 Å². The van der Waals surface area contributed by atoms with Crippen LogP contribution < -0.4 is 24.2 Å². The number of morpholine rings is 1. The highest BCUT2D eigenvalue weighted by Crippen LogP contribution is 2.37. The average Bonchev–Trinajstić information content (AvgIpc) is 3.09. The molecule has 0 bridgehead atoms. The molecule has 1 fully saturated rings. The maximum atomic E-state index is 13.2. The van der Waals surface area contributed by atoms with E-state index in [-0.39, 0.29) is 40.8 Å². The fourth-order valence-electron chi connectivity index (χ4n) is 3.27. The Hall–Kier alpha value is -3.31. The van der Waals surface area contributed by atoms with Gasteiger partial charge in [0.2, 0.25) is 11.7 Å². The molecule has 10 nitrogen and oxygen atoms in total. The summed E-state index contributed by atoms with van der Waals surface area (Å²) >= 11 is 1.05. The third-order valence-corrected chi connectivity index (χ3v) is 5.98. The molecule has 2 aromatic rings. The molecule has 1 aliphatic rings. The Morgan fingerprint density at radius 2 is 1.82 bits per heavy atom. The van der Waals surface area contributed by atoms with E-state index in [0.717, 1.165) is 11.3 Å². The minimum Gasteiger partial charge on any atom is -0.502 e. The summed E-state index contributed by atoms with van der Waals surface area (Å²) in [4.78, 5) is 39.7. The molecule has 0 aliphatic carbocycles. The van der Waals surface area contributed by atoms with Crippen LogP contribution in [0.15, 0.2) is 16.9 Å². The molecule has 11 heteroatoms. The minimum atomic E-state index is -0.606. The highest BCUT2D eigenvalue weighted by Gasteiger charge is 2.19. The van der Waals surface area contributed by atoms with Crippen molar-refractivity contribution < 1.29 is 33.6 Å². The molecule has 1 saturated heterocycles. The standard InChI is InChI=1S/C22H26N2O8S/c1-4-32-20(26)12-19-24(13-18(25)23-5-7-31-8-6-23)22(28)17(33-19)11-14-9-15(29-2)21(27)16(10-14)30-3/h9-12,27H,4-8,13H2,1-3H3/b17-11+,19-12-. The van der Waals surface area contributed by atoms with Crippen molar-refractivity contribution in [1.82, 2.24) is 9.47 Å². The zero-order chi connectivity index (χ0) is 24.0. The summed E-state index contributed by atoms with van der Waals surface area (Å²) in [5.74, 6) is -0.646. The van der Waals surface area contributed by atoms with Crippen molar-refractivity contribution in [3.05, 3.63) is 37.2 Å². The summed E-state index contributed by atoms with van der Waals surface area (Å²) in [5.41, 5.74) is 0.109. The van der Waals surface area contributed by atoms with Crippen molar-refractivity contribution in [2.24, 2.45) is 0 Å². The van der Waals surface area contributed by atoms with E-state index in [1.54, 1.807) is 30.0 Å². The van der Waals surface area contributed by atoms with Gasteiger partial charge in [-0.1, -0.05) is 0 Å². The quantitative estimate of drug-likeness (QED) is 0.538. The lowest BCUT2D eigenvalue weighted by atomic mass is 10.1. The number of hydrogen-bond donors (Lipinski definition) is 1. The first-order chi connectivity index (χ1) is 15.9. The summed E-state index contributed by atoms with van der Waals surface area (Å²) in [5, 5.41) is 10.1. The molecule has 0 atom stereocenters. The molecule has 0 spiro atoms. The number of methoxy groups -OCH3 is 2. The summed E-state index contributed by atoms with van der Waals surface area (Å²) in [6.45, 7) is 3.42. The van der Waals surface area contributed by atoms with Crippen molar-refractivity contribution in [3.63, 3.8) is 0 Å². The molecule has 1 aliphatic heterocycles. The Balaban J connectivity index is 2.09. The van der Waals surface area contributed by atoms with Crippen molar-refractivity contribution in [1.29, 1.82) is 0 Å². The van der Waals surface area contributed by atoms with Crippen LogP contribution in [0.1, 0.15) is 12.5 Å².